The number of rotatable bonds is 5. The summed E-state index contributed by atoms with van der Waals surface area (Å²) in [5.41, 5.74) is 0.606. The van der Waals surface area contributed by atoms with Gasteiger partial charge in [-0.15, -0.1) is 0 Å². The first kappa shape index (κ1) is 17.2. The van der Waals surface area contributed by atoms with Crippen LogP contribution >= 0.6 is 11.6 Å². The first-order valence-electron chi connectivity index (χ1n) is 8.70. The summed E-state index contributed by atoms with van der Waals surface area (Å²) in [4.78, 5) is 2.27. The van der Waals surface area contributed by atoms with E-state index in [2.05, 4.69) is 10.2 Å². The fourth-order valence-corrected chi connectivity index (χ4v) is 4.00. The lowest BCUT2D eigenvalue weighted by atomic mass is 10.0. The number of hydrogen-bond acceptors (Lipinski definition) is 3. The first-order valence-corrected chi connectivity index (χ1v) is 9.08. The molecule has 1 heterocycles. The van der Waals surface area contributed by atoms with Gasteiger partial charge in [-0.2, -0.15) is 0 Å². The zero-order chi connectivity index (χ0) is 16.2. The van der Waals surface area contributed by atoms with Crippen LogP contribution in [0.4, 0.5) is 4.39 Å². The van der Waals surface area contributed by atoms with Crippen molar-refractivity contribution in [2.24, 2.45) is 5.92 Å². The van der Waals surface area contributed by atoms with Gasteiger partial charge in [0.15, 0.2) is 0 Å². The van der Waals surface area contributed by atoms with Crippen LogP contribution in [0, 0.1) is 11.7 Å². The van der Waals surface area contributed by atoms with Crippen LogP contribution in [0.25, 0.3) is 0 Å². The van der Waals surface area contributed by atoms with E-state index in [4.69, 9.17) is 11.6 Å². The van der Waals surface area contributed by atoms with Crippen LogP contribution in [0.15, 0.2) is 18.2 Å². The highest BCUT2D eigenvalue weighted by atomic mass is 35.5. The second kappa shape index (κ2) is 7.93. The maximum Gasteiger partial charge on any atom is 0.129 e. The Hall–Kier alpha value is -0.680. The third-order valence-corrected chi connectivity index (χ3v) is 5.67. The molecule has 2 fully saturated rings. The predicted molar refractivity (Wildman–Crippen MR) is 91.1 cm³/mol. The zero-order valence-electron chi connectivity index (χ0n) is 13.5. The number of aliphatic hydroxyl groups excluding tert-OH is 1. The number of nitrogens with zero attached hydrogens (tertiary/aromatic N) is 1. The van der Waals surface area contributed by atoms with Crippen LogP contribution in [-0.4, -0.2) is 41.8 Å². The van der Waals surface area contributed by atoms with Crippen molar-refractivity contribution in [1.82, 2.24) is 10.2 Å². The molecule has 128 valence electrons. The van der Waals surface area contributed by atoms with Crippen molar-refractivity contribution in [1.29, 1.82) is 0 Å². The van der Waals surface area contributed by atoms with Crippen molar-refractivity contribution < 1.29 is 9.50 Å². The predicted octanol–water partition coefficient (Wildman–Crippen LogP) is 3.19. The Labute approximate surface area is 142 Å². The summed E-state index contributed by atoms with van der Waals surface area (Å²) in [5, 5.41) is 14.0. The molecule has 2 aliphatic rings. The topological polar surface area (TPSA) is 35.5 Å². The minimum Gasteiger partial charge on any atom is -0.393 e. The maximum absolute atomic E-state index is 13.9. The first-order chi connectivity index (χ1) is 11.1. The average Bonchev–Trinajstić information content (AvgIpc) is 2.95. The Bertz CT molecular complexity index is 499. The van der Waals surface area contributed by atoms with E-state index in [1.54, 1.807) is 12.1 Å². The van der Waals surface area contributed by atoms with Gasteiger partial charge < -0.3 is 10.4 Å². The normalized spacial score (nSPS) is 26.7. The monoisotopic (exact) mass is 340 g/mol. The Kier molecular flexibility index (Phi) is 5.91. The van der Waals surface area contributed by atoms with Crippen molar-refractivity contribution in [2.45, 2.75) is 50.8 Å². The average molecular weight is 341 g/mol. The molecule has 1 saturated heterocycles. The summed E-state index contributed by atoms with van der Waals surface area (Å²) in [7, 11) is 0. The molecule has 2 N–H and O–H groups in total. The maximum atomic E-state index is 13.9. The van der Waals surface area contributed by atoms with E-state index < -0.39 is 0 Å². The van der Waals surface area contributed by atoms with Gasteiger partial charge >= 0.3 is 0 Å². The van der Waals surface area contributed by atoms with Gasteiger partial charge in [0.05, 0.1) is 6.10 Å². The molecule has 2 atom stereocenters. The highest BCUT2D eigenvalue weighted by molar-refractivity contribution is 6.31. The SMILES string of the molecule is O[C@@H]1CCC[C@@H]1CNC1CCN(Cc2c(F)cccc2Cl)CC1. The highest BCUT2D eigenvalue weighted by Gasteiger charge is 2.27. The molecule has 1 aliphatic heterocycles. The lowest BCUT2D eigenvalue weighted by molar-refractivity contribution is 0.124. The molecule has 0 radical (unpaired) electrons. The van der Waals surface area contributed by atoms with Gasteiger partial charge in [-0.1, -0.05) is 24.1 Å². The summed E-state index contributed by atoms with van der Waals surface area (Å²) < 4.78 is 13.9. The molecule has 1 saturated carbocycles. The molecule has 1 aromatic carbocycles. The van der Waals surface area contributed by atoms with E-state index >= 15 is 0 Å². The van der Waals surface area contributed by atoms with E-state index in [1.807, 2.05) is 0 Å². The van der Waals surface area contributed by atoms with Gasteiger partial charge in [0.1, 0.15) is 5.82 Å². The lowest BCUT2D eigenvalue weighted by Crippen LogP contribution is -2.44. The number of likely N-dealkylation sites (tertiary alicyclic amines) is 1. The fraction of sp³-hybridized carbons (Fsp3) is 0.667. The molecule has 0 amide bonds. The van der Waals surface area contributed by atoms with Crippen LogP contribution in [-0.2, 0) is 6.54 Å². The number of nitrogens with one attached hydrogen (secondary N) is 1. The summed E-state index contributed by atoms with van der Waals surface area (Å²) in [6, 6.07) is 5.38. The fourth-order valence-electron chi connectivity index (χ4n) is 3.78. The van der Waals surface area contributed by atoms with Crippen LogP contribution in [0.3, 0.4) is 0 Å². The lowest BCUT2D eigenvalue weighted by Gasteiger charge is -2.33. The molecule has 0 spiro atoms. The van der Waals surface area contributed by atoms with E-state index in [0.717, 1.165) is 51.7 Å². The van der Waals surface area contributed by atoms with Crippen LogP contribution in [0.1, 0.15) is 37.7 Å². The van der Waals surface area contributed by atoms with Crippen LogP contribution < -0.4 is 5.32 Å². The Balaban J connectivity index is 1.43. The molecule has 5 heteroatoms. The van der Waals surface area contributed by atoms with Crippen LogP contribution in [0.2, 0.25) is 5.02 Å². The van der Waals surface area contributed by atoms with Gasteiger partial charge in [0, 0.05) is 29.7 Å². The van der Waals surface area contributed by atoms with Gasteiger partial charge in [-0.25, -0.2) is 4.39 Å². The molecule has 0 bridgehead atoms. The van der Waals surface area contributed by atoms with E-state index in [1.165, 1.54) is 6.07 Å². The molecule has 0 aromatic heterocycles. The Morgan fingerprint density at radius 3 is 2.65 bits per heavy atom. The van der Waals surface area contributed by atoms with Crippen molar-refractivity contribution >= 4 is 11.6 Å². The molecular weight excluding hydrogens is 315 g/mol. The van der Waals surface area contributed by atoms with Gasteiger partial charge in [0.25, 0.3) is 0 Å². The Morgan fingerprint density at radius 2 is 2.00 bits per heavy atom. The quantitative estimate of drug-likeness (QED) is 0.864. The van der Waals surface area contributed by atoms with Crippen LogP contribution in [0.5, 0.6) is 0 Å². The smallest absolute Gasteiger partial charge is 0.129 e. The van der Waals surface area contributed by atoms with Gasteiger partial charge in [-0.3, -0.25) is 4.90 Å². The van der Waals surface area contributed by atoms with E-state index in [9.17, 15) is 9.50 Å². The number of benzene rings is 1. The summed E-state index contributed by atoms with van der Waals surface area (Å²) in [5.74, 6) is 0.207. The van der Waals surface area contributed by atoms with Crippen molar-refractivity contribution in [2.75, 3.05) is 19.6 Å². The third-order valence-electron chi connectivity index (χ3n) is 5.32. The van der Waals surface area contributed by atoms with Crippen molar-refractivity contribution in [3.63, 3.8) is 0 Å². The molecule has 3 rings (SSSR count). The van der Waals surface area contributed by atoms with Gasteiger partial charge in [0.2, 0.25) is 0 Å². The minimum atomic E-state index is -0.215. The standard InChI is InChI=1S/C18H26ClFN2O/c19-16-4-2-5-17(20)15(16)12-22-9-7-14(8-10-22)21-11-13-3-1-6-18(13)23/h2,4-5,13-14,18,21,23H,1,3,6-12H2/t13-,18-/m1/s1. The Morgan fingerprint density at radius 1 is 1.22 bits per heavy atom. The summed E-state index contributed by atoms with van der Waals surface area (Å²) >= 11 is 6.11. The molecule has 0 unspecified atom stereocenters. The summed E-state index contributed by atoms with van der Waals surface area (Å²) in [6.45, 7) is 3.41. The molecule has 1 aliphatic carbocycles. The number of halogens is 2. The van der Waals surface area contributed by atoms with E-state index in [0.29, 0.717) is 29.1 Å². The minimum absolute atomic E-state index is 0.120. The van der Waals surface area contributed by atoms with Crippen molar-refractivity contribution in [3.05, 3.63) is 34.6 Å². The summed E-state index contributed by atoms with van der Waals surface area (Å²) in [6.07, 6.45) is 5.25. The number of aliphatic hydroxyl groups is 1. The number of piperidine rings is 1. The highest BCUT2D eigenvalue weighted by Crippen LogP contribution is 2.26. The second-order valence-corrected chi connectivity index (χ2v) is 7.32. The second-order valence-electron chi connectivity index (χ2n) is 6.92. The number of hydrogen-bond donors (Lipinski definition) is 2. The van der Waals surface area contributed by atoms with Crippen molar-refractivity contribution in [3.8, 4) is 0 Å². The van der Waals surface area contributed by atoms with Gasteiger partial charge in [-0.05, 0) is 56.8 Å². The zero-order valence-corrected chi connectivity index (χ0v) is 14.2. The van der Waals surface area contributed by atoms with E-state index in [-0.39, 0.29) is 11.9 Å². The molecule has 23 heavy (non-hydrogen) atoms. The molecule has 1 aromatic rings. The molecule has 3 nitrogen and oxygen atoms in total. The largest absolute Gasteiger partial charge is 0.393 e. The third kappa shape index (κ3) is 4.44. The molecular formula is C18H26ClFN2O.